The Hall–Kier alpha value is -0.530. The first kappa shape index (κ1) is 26.5. The predicted octanol–water partition coefficient (Wildman–Crippen LogP) is 8.62. The highest BCUT2D eigenvalue weighted by atomic mass is 16.5. The van der Waals surface area contributed by atoms with Crippen LogP contribution >= 0.6 is 0 Å². The van der Waals surface area contributed by atoms with E-state index in [2.05, 4.69) is 20.8 Å². The summed E-state index contributed by atoms with van der Waals surface area (Å²) in [5, 5.41) is 0. The summed E-state index contributed by atoms with van der Waals surface area (Å²) in [6.45, 7) is 7.33. The van der Waals surface area contributed by atoms with E-state index < -0.39 is 0 Å². The van der Waals surface area contributed by atoms with Crippen molar-refractivity contribution < 1.29 is 9.53 Å². The Morgan fingerprint density at radius 1 is 0.593 bits per heavy atom. The topological polar surface area (TPSA) is 26.3 Å². The van der Waals surface area contributed by atoms with Gasteiger partial charge in [-0.1, -0.05) is 117 Å². The summed E-state index contributed by atoms with van der Waals surface area (Å²) in [6, 6.07) is 0. The van der Waals surface area contributed by atoms with Crippen molar-refractivity contribution in [2.45, 2.75) is 143 Å². The number of rotatable bonds is 21. The third-order valence-electron chi connectivity index (χ3n) is 5.65. The molecule has 1 unspecified atom stereocenters. The van der Waals surface area contributed by atoms with E-state index in [0.29, 0.717) is 18.9 Å². The molecule has 0 bridgehead atoms. The van der Waals surface area contributed by atoms with Crippen LogP contribution in [0.4, 0.5) is 0 Å². The Bertz CT molecular complexity index is 301. The van der Waals surface area contributed by atoms with Crippen LogP contribution in [0.5, 0.6) is 0 Å². The standard InChI is InChI=1S/C25H50O2/c1-4-7-10-12-14-15-17-19-21-24(20-18-16-13-11-8-5-2)23-27-25(26)22-9-6-3/h24H,4-23H2,1-3H3. The molecule has 0 spiro atoms. The average Bonchev–Trinajstić information content (AvgIpc) is 2.68. The summed E-state index contributed by atoms with van der Waals surface area (Å²) in [7, 11) is 0. The van der Waals surface area contributed by atoms with Crippen LogP contribution in [-0.2, 0) is 9.53 Å². The second-order valence-electron chi connectivity index (χ2n) is 8.47. The lowest BCUT2D eigenvalue weighted by atomic mass is 9.94. The SMILES string of the molecule is CCCCCCCCCCC(CCCCCCCC)COC(=O)CCCC. The molecular weight excluding hydrogens is 332 g/mol. The summed E-state index contributed by atoms with van der Waals surface area (Å²) in [4.78, 5) is 11.8. The van der Waals surface area contributed by atoms with Crippen LogP contribution in [0.2, 0.25) is 0 Å². The summed E-state index contributed by atoms with van der Waals surface area (Å²) in [5.74, 6) is 0.600. The fourth-order valence-corrected chi connectivity index (χ4v) is 3.70. The van der Waals surface area contributed by atoms with E-state index >= 15 is 0 Å². The number of unbranched alkanes of at least 4 members (excludes halogenated alkanes) is 13. The Morgan fingerprint density at radius 2 is 1.00 bits per heavy atom. The van der Waals surface area contributed by atoms with Gasteiger partial charge in [0.15, 0.2) is 0 Å². The van der Waals surface area contributed by atoms with E-state index in [-0.39, 0.29) is 5.97 Å². The lowest BCUT2D eigenvalue weighted by Gasteiger charge is -2.17. The molecule has 0 aliphatic rings. The van der Waals surface area contributed by atoms with Crippen LogP contribution in [-0.4, -0.2) is 12.6 Å². The van der Waals surface area contributed by atoms with E-state index in [9.17, 15) is 4.79 Å². The maximum atomic E-state index is 11.8. The van der Waals surface area contributed by atoms with Crippen molar-refractivity contribution in [1.82, 2.24) is 0 Å². The second-order valence-corrected chi connectivity index (χ2v) is 8.47. The van der Waals surface area contributed by atoms with Crippen LogP contribution in [0.1, 0.15) is 143 Å². The highest BCUT2D eigenvalue weighted by molar-refractivity contribution is 5.69. The fraction of sp³-hybridized carbons (Fsp3) is 0.960. The van der Waals surface area contributed by atoms with Crippen molar-refractivity contribution in [3.8, 4) is 0 Å². The van der Waals surface area contributed by atoms with Crippen LogP contribution in [0.25, 0.3) is 0 Å². The Kier molecular flexibility index (Phi) is 21.3. The molecule has 0 rings (SSSR count). The number of hydrogen-bond acceptors (Lipinski definition) is 2. The quantitative estimate of drug-likeness (QED) is 0.147. The van der Waals surface area contributed by atoms with Crippen molar-refractivity contribution >= 4 is 5.97 Å². The lowest BCUT2D eigenvalue weighted by Crippen LogP contribution is -2.14. The zero-order chi connectivity index (χ0) is 20.0. The van der Waals surface area contributed by atoms with Gasteiger partial charge in [0.1, 0.15) is 0 Å². The Morgan fingerprint density at radius 3 is 1.44 bits per heavy atom. The van der Waals surface area contributed by atoms with Crippen LogP contribution in [0, 0.1) is 5.92 Å². The number of hydrogen-bond donors (Lipinski definition) is 0. The van der Waals surface area contributed by atoms with Gasteiger partial charge >= 0.3 is 5.97 Å². The molecule has 2 nitrogen and oxygen atoms in total. The van der Waals surface area contributed by atoms with Gasteiger partial charge in [0.25, 0.3) is 0 Å². The van der Waals surface area contributed by atoms with Gasteiger partial charge in [-0.3, -0.25) is 4.79 Å². The second kappa shape index (κ2) is 21.8. The highest BCUT2D eigenvalue weighted by Gasteiger charge is 2.12. The van der Waals surface area contributed by atoms with E-state index in [1.165, 1.54) is 103 Å². The molecule has 0 heterocycles. The fourth-order valence-electron chi connectivity index (χ4n) is 3.70. The van der Waals surface area contributed by atoms with Gasteiger partial charge < -0.3 is 4.74 Å². The molecule has 0 saturated heterocycles. The molecule has 162 valence electrons. The number of carbonyl (C=O) groups is 1. The average molecular weight is 383 g/mol. The zero-order valence-electron chi connectivity index (χ0n) is 19.0. The minimum absolute atomic E-state index is 0.0146. The lowest BCUT2D eigenvalue weighted by molar-refractivity contribution is -0.145. The molecule has 0 saturated carbocycles. The van der Waals surface area contributed by atoms with E-state index in [1.54, 1.807) is 0 Å². The first-order chi connectivity index (χ1) is 13.2. The Balaban J connectivity index is 3.91. The van der Waals surface area contributed by atoms with Crippen LogP contribution in [0.3, 0.4) is 0 Å². The first-order valence-corrected chi connectivity index (χ1v) is 12.4. The molecule has 0 fully saturated rings. The summed E-state index contributed by atoms with van der Waals surface area (Å²) < 4.78 is 5.59. The first-order valence-electron chi connectivity index (χ1n) is 12.4. The summed E-state index contributed by atoms with van der Waals surface area (Å²) in [6.07, 6.45) is 24.2. The Labute approximate surface area is 171 Å². The maximum absolute atomic E-state index is 11.8. The van der Waals surface area contributed by atoms with Gasteiger partial charge in [0.05, 0.1) is 6.61 Å². The maximum Gasteiger partial charge on any atom is 0.305 e. The molecule has 2 heteroatoms. The van der Waals surface area contributed by atoms with Crippen molar-refractivity contribution in [3.05, 3.63) is 0 Å². The van der Waals surface area contributed by atoms with Crippen molar-refractivity contribution in [2.75, 3.05) is 6.61 Å². The molecule has 27 heavy (non-hydrogen) atoms. The van der Waals surface area contributed by atoms with Crippen LogP contribution in [0.15, 0.2) is 0 Å². The molecule has 0 aromatic carbocycles. The largest absolute Gasteiger partial charge is 0.465 e. The minimum atomic E-state index is 0.0146. The molecule has 0 aliphatic heterocycles. The van der Waals surface area contributed by atoms with E-state index in [0.717, 1.165) is 12.8 Å². The normalized spacial score (nSPS) is 12.3. The predicted molar refractivity (Wildman–Crippen MR) is 119 cm³/mol. The molecular formula is C25H50O2. The van der Waals surface area contributed by atoms with Gasteiger partial charge in [0, 0.05) is 6.42 Å². The monoisotopic (exact) mass is 382 g/mol. The molecule has 0 aromatic heterocycles. The smallest absolute Gasteiger partial charge is 0.305 e. The number of carbonyl (C=O) groups excluding carboxylic acids is 1. The third-order valence-corrected chi connectivity index (χ3v) is 5.65. The van der Waals surface area contributed by atoms with Gasteiger partial charge in [-0.15, -0.1) is 0 Å². The van der Waals surface area contributed by atoms with E-state index in [1.807, 2.05) is 0 Å². The zero-order valence-corrected chi connectivity index (χ0v) is 19.0. The third kappa shape index (κ3) is 20.0. The highest BCUT2D eigenvalue weighted by Crippen LogP contribution is 2.20. The molecule has 1 atom stereocenters. The van der Waals surface area contributed by atoms with Gasteiger partial charge in [-0.2, -0.15) is 0 Å². The number of esters is 1. The van der Waals surface area contributed by atoms with Gasteiger partial charge in [-0.25, -0.2) is 0 Å². The van der Waals surface area contributed by atoms with Gasteiger partial charge in [0.2, 0.25) is 0 Å². The molecule has 0 amide bonds. The van der Waals surface area contributed by atoms with Crippen molar-refractivity contribution in [2.24, 2.45) is 5.92 Å². The van der Waals surface area contributed by atoms with Crippen molar-refractivity contribution in [1.29, 1.82) is 0 Å². The summed E-state index contributed by atoms with van der Waals surface area (Å²) in [5.41, 5.74) is 0. The van der Waals surface area contributed by atoms with E-state index in [4.69, 9.17) is 4.74 Å². The van der Waals surface area contributed by atoms with Gasteiger partial charge in [-0.05, 0) is 25.2 Å². The molecule has 0 radical (unpaired) electrons. The molecule has 0 aliphatic carbocycles. The molecule has 0 aromatic rings. The van der Waals surface area contributed by atoms with Crippen LogP contribution < -0.4 is 0 Å². The molecule has 0 N–H and O–H groups in total. The van der Waals surface area contributed by atoms with Crippen molar-refractivity contribution in [3.63, 3.8) is 0 Å². The minimum Gasteiger partial charge on any atom is -0.465 e. The summed E-state index contributed by atoms with van der Waals surface area (Å²) >= 11 is 0. The number of ether oxygens (including phenoxy) is 1.